The fourth-order valence-corrected chi connectivity index (χ4v) is 4.60. The molecule has 4 atom stereocenters. The maximum Gasteiger partial charge on any atom is 0.407 e. The van der Waals surface area contributed by atoms with E-state index in [-0.39, 0.29) is 41.9 Å². The highest BCUT2D eigenvalue weighted by molar-refractivity contribution is 5.80. The minimum Gasteiger partial charge on any atom is -0.449 e. The molecule has 0 bridgehead atoms. The van der Waals surface area contributed by atoms with E-state index < -0.39 is 12.2 Å². The van der Waals surface area contributed by atoms with Crippen molar-refractivity contribution in [3.8, 4) is 0 Å². The standard InChI is InChI=1S/C27H44N2O5/c1-5-21(3)28-24(31)33-19-26(13-9-7-10-14-26)17-23(30)18-27(15-11-8-12-16-27)20-34-25(32)29-22(4)6-2/h7-9,11,21-22H,5-6,10,12-20H2,1-4H3,(H,28,31)(H,29,32). The number of alkyl carbamates (subject to hydrolysis) is 2. The van der Waals surface area contributed by atoms with Gasteiger partial charge < -0.3 is 20.1 Å². The summed E-state index contributed by atoms with van der Waals surface area (Å²) >= 11 is 0. The summed E-state index contributed by atoms with van der Waals surface area (Å²) in [6.45, 7) is 8.34. The molecule has 34 heavy (non-hydrogen) atoms. The first-order valence-corrected chi connectivity index (χ1v) is 12.9. The largest absolute Gasteiger partial charge is 0.449 e. The van der Waals surface area contributed by atoms with Crippen molar-refractivity contribution < 1.29 is 23.9 Å². The number of nitrogens with one attached hydrogen (secondary N) is 2. The van der Waals surface area contributed by atoms with Crippen molar-refractivity contribution in [2.45, 2.75) is 104 Å². The zero-order valence-electron chi connectivity index (χ0n) is 21.5. The molecule has 0 spiro atoms. The number of ketones is 1. The quantitative estimate of drug-likeness (QED) is 0.345. The lowest BCUT2D eigenvalue weighted by atomic mass is 9.69. The summed E-state index contributed by atoms with van der Waals surface area (Å²) in [7, 11) is 0. The molecule has 0 saturated heterocycles. The van der Waals surface area contributed by atoms with Crippen molar-refractivity contribution in [1.82, 2.24) is 10.6 Å². The van der Waals surface area contributed by atoms with Crippen LogP contribution in [0.1, 0.15) is 91.9 Å². The van der Waals surface area contributed by atoms with E-state index in [1.165, 1.54) is 0 Å². The van der Waals surface area contributed by atoms with Crippen molar-refractivity contribution in [2.24, 2.45) is 10.8 Å². The molecule has 2 rings (SSSR count). The van der Waals surface area contributed by atoms with E-state index in [1.54, 1.807) is 0 Å². The van der Waals surface area contributed by atoms with E-state index in [0.717, 1.165) is 51.4 Å². The van der Waals surface area contributed by atoms with Gasteiger partial charge in [0, 0.05) is 35.8 Å². The van der Waals surface area contributed by atoms with Crippen LogP contribution >= 0.6 is 0 Å². The van der Waals surface area contributed by atoms with Gasteiger partial charge in [0.05, 0.1) is 13.2 Å². The molecule has 0 aromatic carbocycles. The lowest BCUT2D eigenvalue weighted by molar-refractivity contribution is -0.125. The van der Waals surface area contributed by atoms with Crippen LogP contribution in [-0.2, 0) is 14.3 Å². The Balaban J connectivity index is 2.00. The van der Waals surface area contributed by atoms with Crippen molar-refractivity contribution in [3.63, 3.8) is 0 Å². The Kier molecular flexibility index (Phi) is 11.1. The van der Waals surface area contributed by atoms with E-state index in [2.05, 4.69) is 34.9 Å². The molecule has 2 N–H and O–H groups in total. The number of ether oxygens (including phenoxy) is 2. The molecular weight excluding hydrogens is 432 g/mol. The summed E-state index contributed by atoms with van der Waals surface area (Å²) in [5, 5.41) is 5.66. The van der Waals surface area contributed by atoms with Crippen LogP contribution < -0.4 is 10.6 Å². The van der Waals surface area contributed by atoms with Gasteiger partial charge in [0.15, 0.2) is 0 Å². The Bertz CT molecular complexity index is 689. The van der Waals surface area contributed by atoms with Gasteiger partial charge in [0.1, 0.15) is 5.78 Å². The molecular formula is C27H44N2O5. The highest BCUT2D eigenvalue weighted by atomic mass is 16.6. The molecule has 2 aliphatic rings. The van der Waals surface area contributed by atoms with Crippen molar-refractivity contribution >= 4 is 18.0 Å². The number of carbonyl (C=O) groups excluding carboxylic acids is 3. The molecule has 7 nitrogen and oxygen atoms in total. The third-order valence-corrected chi connectivity index (χ3v) is 7.23. The number of rotatable bonds is 12. The maximum atomic E-state index is 13.4. The first-order chi connectivity index (χ1) is 16.2. The Hall–Kier alpha value is -2.31. The summed E-state index contributed by atoms with van der Waals surface area (Å²) in [6.07, 6.45) is 14.8. The average Bonchev–Trinajstić information content (AvgIpc) is 2.82. The van der Waals surface area contributed by atoms with Crippen molar-refractivity contribution in [3.05, 3.63) is 24.3 Å². The molecule has 7 heteroatoms. The molecule has 0 aliphatic heterocycles. The summed E-state index contributed by atoms with van der Waals surface area (Å²) in [4.78, 5) is 37.8. The lowest BCUT2D eigenvalue weighted by Gasteiger charge is -2.37. The molecule has 0 heterocycles. The third-order valence-electron chi connectivity index (χ3n) is 7.23. The number of amides is 2. The Morgan fingerprint density at radius 2 is 1.18 bits per heavy atom. The van der Waals surface area contributed by atoms with E-state index in [9.17, 15) is 14.4 Å². The first-order valence-electron chi connectivity index (χ1n) is 12.9. The minimum absolute atomic E-state index is 0.0491. The molecule has 0 saturated carbocycles. The van der Waals surface area contributed by atoms with E-state index in [1.807, 2.05) is 27.7 Å². The Labute approximate surface area is 205 Å². The smallest absolute Gasteiger partial charge is 0.407 e. The molecule has 0 aromatic rings. The number of hydrogen-bond donors (Lipinski definition) is 2. The normalized spacial score (nSPS) is 25.8. The topological polar surface area (TPSA) is 93.7 Å². The zero-order valence-corrected chi connectivity index (χ0v) is 21.5. The number of hydrogen-bond acceptors (Lipinski definition) is 5. The minimum atomic E-state index is -0.426. The monoisotopic (exact) mass is 476 g/mol. The van der Waals surface area contributed by atoms with Crippen LogP contribution in [0.3, 0.4) is 0 Å². The fourth-order valence-electron chi connectivity index (χ4n) is 4.60. The van der Waals surface area contributed by atoms with Crippen LogP contribution in [0.25, 0.3) is 0 Å². The summed E-state index contributed by atoms with van der Waals surface area (Å²) in [5.74, 6) is 0.141. The SMILES string of the molecule is CCC(C)NC(=O)OCC1(CC(=O)CC2(COC(=O)NC(C)CC)CC=CCC2)CC=CCC1. The van der Waals surface area contributed by atoms with Gasteiger partial charge in [0.25, 0.3) is 0 Å². The lowest BCUT2D eigenvalue weighted by Crippen LogP contribution is -2.40. The van der Waals surface area contributed by atoms with Crippen LogP contribution in [0, 0.1) is 10.8 Å². The Morgan fingerprint density at radius 3 is 1.50 bits per heavy atom. The van der Waals surface area contributed by atoms with Gasteiger partial charge >= 0.3 is 12.2 Å². The van der Waals surface area contributed by atoms with Gasteiger partial charge in [-0.25, -0.2) is 9.59 Å². The zero-order chi connectivity index (χ0) is 25.0. The van der Waals surface area contributed by atoms with Crippen LogP contribution in [0.5, 0.6) is 0 Å². The fraction of sp³-hybridized carbons (Fsp3) is 0.741. The number of allylic oxidation sites excluding steroid dienone is 4. The number of carbonyl (C=O) groups is 3. The summed E-state index contributed by atoms with van der Waals surface area (Å²) in [6, 6.07) is 0.0983. The predicted molar refractivity (Wildman–Crippen MR) is 134 cm³/mol. The van der Waals surface area contributed by atoms with Gasteiger partial charge in [-0.3, -0.25) is 4.79 Å². The predicted octanol–water partition coefficient (Wildman–Crippen LogP) is 5.84. The van der Waals surface area contributed by atoms with Crippen LogP contribution in [0.15, 0.2) is 24.3 Å². The van der Waals surface area contributed by atoms with Crippen molar-refractivity contribution in [1.29, 1.82) is 0 Å². The Morgan fingerprint density at radius 1 is 0.765 bits per heavy atom. The molecule has 0 aromatic heterocycles. The maximum absolute atomic E-state index is 13.4. The average molecular weight is 477 g/mol. The molecule has 0 fully saturated rings. The second-order valence-electron chi connectivity index (χ2n) is 10.4. The molecule has 192 valence electrons. The highest BCUT2D eigenvalue weighted by Gasteiger charge is 2.39. The summed E-state index contributed by atoms with van der Waals surface area (Å²) in [5.41, 5.74) is -0.752. The molecule has 0 radical (unpaired) electrons. The van der Waals surface area contributed by atoms with Crippen LogP contribution in [-0.4, -0.2) is 43.3 Å². The second kappa shape index (κ2) is 13.5. The van der Waals surface area contributed by atoms with Gasteiger partial charge in [0.2, 0.25) is 0 Å². The van der Waals surface area contributed by atoms with Crippen molar-refractivity contribution in [2.75, 3.05) is 13.2 Å². The third kappa shape index (κ3) is 9.15. The van der Waals surface area contributed by atoms with E-state index >= 15 is 0 Å². The van der Waals surface area contributed by atoms with Gasteiger partial charge in [-0.1, -0.05) is 38.2 Å². The van der Waals surface area contributed by atoms with Crippen LogP contribution in [0.4, 0.5) is 9.59 Å². The first kappa shape index (κ1) is 27.9. The second-order valence-corrected chi connectivity index (χ2v) is 10.4. The summed E-state index contributed by atoms with van der Waals surface area (Å²) < 4.78 is 11.1. The van der Waals surface area contributed by atoms with Crippen LogP contribution in [0.2, 0.25) is 0 Å². The van der Waals surface area contributed by atoms with Gasteiger partial charge in [-0.15, -0.1) is 0 Å². The van der Waals surface area contributed by atoms with Gasteiger partial charge in [-0.2, -0.15) is 0 Å². The van der Waals surface area contributed by atoms with E-state index in [4.69, 9.17) is 9.47 Å². The number of Topliss-reactive ketones (excluding diaryl/α,β-unsaturated/α-hetero) is 1. The molecule has 4 unspecified atom stereocenters. The highest BCUT2D eigenvalue weighted by Crippen LogP contribution is 2.41. The van der Waals surface area contributed by atoms with Gasteiger partial charge in [-0.05, 0) is 65.2 Å². The molecule has 2 aliphatic carbocycles. The van der Waals surface area contributed by atoms with E-state index in [0.29, 0.717) is 12.8 Å². The molecule has 2 amide bonds.